The molecule has 1 aromatic heterocycles. The Hall–Kier alpha value is -6.43. The Morgan fingerprint density at radius 1 is 0.891 bits per heavy atom. The molecule has 55 heavy (non-hydrogen) atoms. The molecule has 0 aliphatic carbocycles. The van der Waals surface area contributed by atoms with Gasteiger partial charge in [0, 0.05) is 49.6 Å². The minimum absolute atomic E-state index is 0.234. The smallest absolute Gasteiger partial charge is 0.268 e. The highest BCUT2D eigenvalue weighted by molar-refractivity contribution is 6.07. The number of pyridine rings is 1. The summed E-state index contributed by atoms with van der Waals surface area (Å²) in [4.78, 5) is 68.7. The number of alkyl halides is 2. The number of unbranched alkanes of at least 4 members (excludes halogenated alkanes) is 1. The highest BCUT2D eigenvalue weighted by Gasteiger charge is 2.47. The van der Waals surface area contributed by atoms with Crippen LogP contribution >= 0.6 is 0 Å². The molecule has 1 aliphatic rings. The van der Waals surface area contributed by atoms with E-state index in [-0.39, 0.29) is 24.3 Å². The van der Waals surface area contributed by atoms with Crippen LogP contribution in [-0.4, -0.2) is 90.1 Å². The van der Waals surface area contributed by atoms with Gasteiger partial charge < -0.3 is 31.5 Å². The molecule has 3 aromatic carbocycles. The molecular formula is C40H42F2N8O5. The maximum absolute atomic E-state index is 13.8. The average molecular weight is 753 g/mol. The van der Waals surface area contributed by atoms with Gasteiger partial charge in [0.15, 0.2) is 0 Å². The second-order valence-corrected chi connectivity index (χ2v) is 13.2. The predicted molar refractivity (Wildman–Crippen MR) is 201 cm³/mol. The number of benzene rings is 3. The predicted octanol–water partition coefficient (Wildman–Crippen LogP) is 3.12. The summed E-state index contributed by atoms with van der Waals surface area (Å²) in [6.07, 6.45) is 2.98. The van der Waals surface area contributed by atoms with Crippen molar-refractivity contribution in [2.75, 3.05) is 31.5 Å². The Morgan fingerprint density at radius 2 is 1.56 bits per heavy atom. The highest BCUT2D eigenvalue weighted by Crippen LogP contribution is 2.31. The Labute approximate surface area is 316 Å². The molecule has 0 spiro atoms. The summed E-state index contributed by atoms with van der Waals surface area (Å²) in [7, 11) is 0. The van der Waals surface area contributed by atoms with Crippen molar-refractivity contribution in [2.45, 2.75) is 56.2 Å². The molecule has 3 atom stereocenters. The third-order valence-electron chi connectivity index (χ3n) is 9.14. The number of likely N-dealkylation sites (tertiary alicyclic amines) is 1. The van der Waals surface area contributed by atoms with Crippen molar-refractivity contribution in [1.29, 1.82) is 5.26 Å². The average Bonchev–Trinajstić information content (AvgIpc) is 3.52. The lowest BCUT2D eigenvalue weighted by atomic mass is 10.0. The van der Waals surface area contributed by atoms with Crippen LogP contribution in [0.1, 0.15) is 40.7 Å². The Bertz CT molecular complexity index is 2010. The number of aromatic nitrogens is 1. The zero-order valence-electron chi connectivity index (χ0n) is 30.0. The minimum Gasteiger partial charge on any atom is -0.385 e. The molecule has 2 heterocycles. The van der Waals surface area contributed by atoms with E-state index in [0.717, 1.165) is 16.0 Å². The van der Waals surface area contributed by atoms with Crippen LogP contribution in [0.4, 0.5) is 14.5 Å². The van der Waals surface area contributed by atoms with E-state index in [2.05, 4.69) is 31.6 Å². The molecule has 1 aliphatic heterocycles. The number of hydrogen-bond acceptors (Lipinski definition) is 8. The lowest BCUT2D eigenvalue weighted by Crippen LogP contribution is -2.54. The molecule has 4 aromatic rings. The first-order chi connectivity index (χ1) is 26.6. The fourth-order valence-electron chi connectivity index (χ4n) is 6.31. The van der Waals surface area contributed by atoms with E-state index in [0.29, 0.717) is 48.9 Å². The summed E-state index contributed by atoms with van der Waals surface area (Å²) < 4.78 is 27.6. The van der Waals surface area contributed by atoms with E-state index >= 15 is 0 Å². The van der Waals surface area contributed by atoms with Gasteiger partial charge in [0.1, 0.15) is 18.1 Å². The Kier molecular flexibility index (Phi) is 13.8. The third-order valence-corrected chi connectivity index (χ3v) is 9.14. The lowest BCUT2D eigenvalue weighted by Gasteiger charge is -2.22. The monoisotopic (exact) mass is 752 g/mol. The van der Waals surface area contributed by atoms with Crippen molar-refractivity contribution >= 4 is 46.6 Å². The lowest BCUT2D eigenvalue weighted by molar-refractivity contribution is -0.131. The van der Waals surface area contributed by atoms with Crippen LogP contribution in [0, 0.1) is 11.3 Å². The molecule has 15 heteroatoms. The van der Waals surface area contributed by atoms with Gasteiger partial charge in [-0.25, -0.2) is 8.78 Å². The van der Waals surface area contributed by atoms with Gasteiger partial charge in [-0.15, -0.1) is 0 Å². The van der Waals surface area contributed by atoms with Crippen molar-refractivity contribution in [2.24, 2.45) is 0 Å². The number of nitrogens with zero attached hydrogens (tertiary/aromatic N) is 3. The van der Waals surface area contributed by atoms with E-state index in [1.54, 1.807) is 24.3 Å². The molecule has 2 unspecified atom stereocenters. The minimum atomic E-state index is -3.16. The standard InChI is InChI=1S/C40H42F2N8O5/c41-40(42)22-30(23-43)50(25-40)36(52)24-47-37(53)31-15-18-45-33-14-13-29(21-32(31)33)44-16-7-8-17-46-38(54)35(20-28-11-5-2-6-12-28)49-39(55)34(48-26-51)19-27-9-3-1-4-10-27/h1-6,9-15,18,21,26,30,34-35,44H,7-8,16-17,19-20,22,24-25H2,(H,46,54)(H,47,53)(H,48,51)(H,49,55)/t30?,34?,35-/m1/s1. The van der Waals surface area contributed by atoms with Crippen molar-refractivity contribution in [3.63, 3.8) is 0 Å². The van der Waals surface area contributed by atoms with E-state index in [1.165, 1.54) is 12.3 Å². The van der Waals surface area contributed by atoms with Gasteiger partial charge in [0.25, 0.3) is 11.8 Å². The SMILES string of the molecule is N#CC1CC(F)(F)CN1C(=O)CNC(=O)c1ccnc2ccc(NCCCCNC(=O)[C@@H](Cc3ccccc3)NC(=O)C(Cc3ccccc3)NC=O)cc12. The second-order valence-electron chi connectivity index (χ2n) is 13.2. The summed E-state index contributed by atoms with van der Waals surface area (Å²) in [5, 5.41) is 23.8. The summed E-state index contributed by atoms with van der Waals surface area (Å²) in [6, 6.07) is 24.1. The molecule has 5 rings (SSSR count). The normalized spacial score (nSPS) is 15.6. The van der Waals surface area contributed by atoms with E-state index < -0.39 is 61.3 Å². The first-order valence-electron chi connectivity index (χ1n) is 17.9. The van der Waals surface area contributed by atoms with Gasteiger partial charge in [0.2, 0.25) is 24.1 Å². The number of rotatable bonds is 18. The number of nitrogens with one attached hydrogen (secondary N) is 5. The molecule has 13 nitrogen and oxygen atoms in total. The molecule has 286 valence electrons. The quantitative estimate of drug-likeness (QED) is 0.0759. The molecule has 0 bridgehead atoms. The van der Waals surface area contributed by atoms with Gasteiger partial charge >= 0.3 is 0 Å². The zero-order chi connectivity index (χ0) is 39.2. The number of anilines is 1. The largest absolute Gasteiger partial charge is 0.385 e. The number of halogens is 2. The number of hydrogen-bond donors (Lipinski definition) is 5. The van der Waals surface area contributed by atoms with E-state index in [1.807, 2.05) is 60.7 Å². The van der Waals surface area contributed by atoms with Gasteiger partial charge in [-0.2, -0.15) is 5.26 Å². The Morgan fingerprint density at radius 3 is 2.24 bits per heavy atom. The molecule has 0 radical (unpaired) electrons. The van der Waals surface area contributed by atoms with Gasteiger partial charge in [-0.05, 0) is 48.2 Å². The van der Waals surface area contributed by atoms with Crippen molar-refractivity contribution < 1.29 is 32.8 Å². The molecule has 5 N–H and O–H groups in total. The van der Waals surface area contributed by atoms with Gasteiger partial charge in [-0.1, -0.05) is 60.7 Å². The first-order valence-corrected chi connectivity index (χ1v) is 17.9. The summed E-state index contributed by atoms with van der Waals surface area (Å²) >= 11 is 0. The van der Waals surface area contributed by atoms with Crippen LogP contribution in [0.3, 0.4) is 0 Å². The fourth-order valence-corrected chi connectivity index (χ4v) is 6.31. The van der Waals surface area contributed by atoms with Crippen molar-refractivity contribution in [1.82, 2.24) is 31.2 Å². The maximum atomic E-state index is 13.8. The fraction of sp³-hybridized carbons (Fsp3) is 0.325. The van der Waals surface area contributed by atoms with Crippen LogP contribution in [-0.2, 0) is 32.0 Å². The number of amides is 5. The van der Waals surface area contributed by atoms with E-state index in [9.17, 15) is 38.0 Å². The van der Waals surface area contributed by atoms with Crippen LogP contribution < -0.4 is 26.6 Å². The Balaban J connectivity index is 1.12. The zero-order valence-corrected chi connectivity index (χ0v) is 30.0. The molecule has 5 amide bonds. The van der Waals surface area contributed by atoms with Crippen LogP contribution in [0.2, 0.25) is 0 Å². The number of carbonyl (C=O) groups excluding carboxylic acids is 5. The van der Waals surface area contributed by atoms with Crippen LogP contribution in [0.25, 0.3) is 10.9 Å². The molecular weight excluding hydrogens is 710 g/mol. The first kappa shape index (κ1) is 39.8. The second kappa shape index (κ2) is 19.1. The van der Waals surface area contributed by atoms with E-state index in [4.69, 9.17) is 0 Å². The third kappa shape index (κ3) is 11.3. The number of nitriles is 1. The van der Waals surface area contributed by atoms with Gasteiger partial charge in [0.05, 0.1) is 30.2 Å². The summed E-state index contributed by atoms with van der Waals surface area (Å²) in [5.41, 5.74) is 3.18. The number of fused-ring (bicyclic) bond motifs is 1. The highest BCUT2D eigenvalue weighted by atomic mass is 19.3. The topological polar surface area (TPSA) is 185 Å². The molecule has 1 fully saturated rings. The maximum Gasteiger partial charge on any atom is 0.268 e. The summed E-state index contributed by atoms with van der Waals surface area (Å²) in [6.45, 7) is -0.543. The van der Waals surface area contributed by atoms with Crippen LogP contribution in [0.15, 0.2) is 91.1 Å². The van der Waals surface area contributed by atoms with Crippen molar-refractivity contribution in [3.05, 3.63) is 108 Å². The summed E-state index contributed by atoms with van der Waals surface area (Å²) in [5.74, 6) is -5.36. The molecule has 0 saturated carbocycles. The van der Waals surface area contributed by atoms with Crippen molar-refractivity contribution in [3.8, 4) is 6.07 Å². The van der Waals surface area contributed by atoms with Gasteiger partial charge in [-0.3, -0.25) is 29.0 Å². The number of carbonyl (C=O) groups is 5. The molecule has 1 saturated heterocycles. The van der Waals surface area contributed by atoms with Crippen LogP contribution in [0.5, 0.6) is 0 Å².